The van der Waals surface area contributed by atoms with Crippen LogP contribution in [-0.4, -0.2) is 76.9 Å². The normalized spacial score (nSPS) is 19.0. The number of aromatic nitrogens is 1. The predicted octanol–water partition coefficient (Wildman–Crippen LogP) is 4.04. The number of para-hydroxylation sites is 1. The van der Waals surface area contributed by atoms with E-state index in [-0.39, 0.29) is 5.75 Å². The Morgan fingerprint density at radius 3 is 2.59 bits per heavy atom. The lowest BCUT2D eigenvalue weighted by Gasteiger charge is -2.39. The molecule has 5 rings (SSSR count). The summed E-state index contributed by atoms with van der Waals surface area (Å²) in [5, 5.41) is 21.4. The van der Waals surface area contributed by atoms with Crippen LogP contribution >= 0.6 is 0 Å². The SMILES string of the molecule is CCCN(CCN1CCN(c2ccnc3c(O)cccc23)CC1)[C@@H]1CCc2c(O)cccc2C1. The van der Waals surface area contributed by atoms with Gasteiger partial charge in [-0.3, -0.25) is 14.8 Å². The Kier molecular flexibility index (Phi) is 6.88. The standard InChI is InChI=1S/C28H36N4O2/c1-2-13-31(22-9-10-23-21(20-22)5-3-7-26(23)33)17-14-30-15-18-32(19-16-30)25-11-12-29-28-24(25)6-4-8-27(28)34/h3-8,11-12,22,33-34H,2,9-10,13-20H2,1H3/t22-/m1/s1. The highest BCUT2D eigenvalue weighted by Crippen LogP contribution is 2.32. The third-order valence-corrected chi connectivity index (χ3v) is 7.60. The Balaban J connectivity index is 1.18. The van der Waals surface area contributed by atoms with Crippen molar-refractivity contribution >= 4 is 16.6 Å². The van der Waals surface area contributed by atoms with E-state index >= 15 is 0 Å². The zero-order valence-electron chi connectivity index (χ0n) is 20.2. The fraction of sp³-hybridized carbons (Fsp3) is 0.464. The molecule has 0 bridgehead atoms. The second-order valence-corrected chi connectivity index (χ2v) is 9.68. The molecule has 3 aromatic rings. The molecular formula is C28H36N4O2. The Hall–Kier alpha value is -2.83. The fourth-order valence-corrected chi connectivity index (χ4v) is 5.75. The van der Waals surface area contributed by atoms with Gasteiger partial charge in [0.05, 0.1) is 0 Å². The average Bonchev–Trinajstić information content (AvgIpc) is 2.87. The molecular weight excluding hydrogens is 424 g/mol. The van der Waals surface area contributed by atoms with E-state index in [2.05, 4.69) is 44.8 Å². The van der Waals surface area contributed by atoms with Gasteiger partial charge in [-0.2, -0.15) is 0 Å². The Labute approximate surface area is 202 Å². The van der Waals surface area contributed by atoms with Gasteiger partial charge in [-0.25, -0.2) is 0 Å². The number of fused-ring (bicyclic) bond motifs is 2. The molecule has 0 amide bonds. The summed E-state index contributed by atoms with van der Waals surface area (Å²) < 4.78 is 0. The van der Waals surface area contributed by atoms with E-state index in [1.807, 2.05) is 18.2 Å². The van der Waals surface area contributed by atoms with E-state index in [4.69, 9.17) is 0 Å². The summed E-state index contributed by atoms with van der Waals surface area (Å²) in [6.07, 6.45) is 6.11. The van der Waals surface area contributed by atoms with Crippen LogP contribution < -0.4 is 4.90 Å². The summed E-state index contributed by atoms with van der Waals surface area (Å²) >= 11 is 0. The summed E-state index contributed by atoms with van der Waals surface area (Å²) in [7, 11) is 0. The summed E-state index contributed by atoms with van der Waals surface area (Å²) in [6.45, 7) is 9.65. The minimum Gasteiger partial charge on any atom is -0.508 e. The largest absolute Gasteiger partial charge is 0.508 e. The lowest BCUT2D eigenvalue weighted by molar-refractivity contribution is 0.145. The molecule has 6 nitrogen and oxygen atoms in total. The number of aromatic hydroxyl groups is 2. The molecule has 0 unspecified atom stereocenters. The van der Waals surface area contributed by atoms with Crippen molar-refractivity contribution in [3.05, 3.63) is 59.8 Å². The van der Waals surface area contributed by atoms with Crippen molar-refractivity contribution in [3.63, 3.8) is 0 Å². The van der Waals surface area contributed by atoms with Gasteiger partial charge in [-0.15, -0.1) is 0 Å². The van der Waals surface area contributed by atoms with Crippen LogP contribution in [0.15, 0.2) is 48.7 Å². The quantitative estimate of drug-likeness (QED) is 0.555. The highest BCUT2D eigenvalue weighted by atomic mass is 16.3. The maximum absolute atomic E-state index is 10.2. The number of phenolic OH excluding ortho intramolecular Hbond substituents is 2. The zero-order chi connectivity index (χ0) is 23.5. The number of hydrogen-bond acceptors (Lipinski definition) is 6. The molecule has 0 radical (unpaired) electrons. The first-order valence-corrected chi connectivity index (χ1v) is 12.7. The first kappa shape index (κ1) is 22.9. The molecule has 1 aliphatic heterocycles. The van der Waals surface area contributed by atoms with Gasteiger partial charge in [0.2, 0.25) is 0 Å². The highest BCUT2D eigenvalue weighted by molar-refractivity contribution is 5.94. The van der Waals surface area contributed by atoms with Crippen molar-refractivity contribution in [2.45, 2.75) is 38.6 Å². The fourth-order valence-electron chi connectivity index (χ4n) is 5.75. The van der Waals surface area contributed by atoms with Gasteiger partial charge < -0.3 is 15.1 Å². The topological polar surface area (TPSA) is 63.1 Å². The third-order valence-electron chi connectivity index (χ3n) is 7.60. The Morgan fingerprint density at radius 1 is 0.971 bits per heavy atom. The van der Waals surface area contributed by atoms with E-state index in [1.165, 1.54) is 12.0 Å². The molecule has 1 saturated heterocycles. The lowest BCUT2D eigenvalue weighted by Crippen LogP contribution is -2.50. The molecule has 6 heteroatoms. The molecule has 34 heavy (non-hydrogen) atoms. The van der Waals surface area contributed by atoms with E-state index in [9.17, 15) is 10.2 Å². The van der Waals surface area contributed by atoms with Crippen LogP contribution in [0, 0.1) is 0 Å². The molecule has 2 N–H and O–H groups in total. The van der Waals surface area contributed by atoms with Crippen LogP contribution in [0.5, 0.6) is 11.5 Å². The summed E-state index contributed by atoms with van der Waals surface area (Å²) in [6, 6.07) is 14.3. The van der Waals surface area contributed by atoms with Crippen LogP contribution in [-0.2, 0) is 12.8 Å². The molecule has 1 aromatic heterocycles. The van der Waals surface area contributed by atoms with Crippen molar-refractivity contribution < 1.29 is 10.2 Å². The number of benzene rings is 2. The second-order valence-electron chi connectivity index (χ2n) is 9.68. The van der Waals surface area contributed by atoms with Crippen molar-refractivity contribution in [1.82, 2.24) is 14.8 Å². The first-order chi connectivity index (χ1) is 16.6. The maximum atomic E-state index is 10.2. The van der Waals surface area contributed by atoms with Crippen LogP contribution in [0.4, 0.5) is 5.69 Å². The molecule has 1 aliphatic carbocycles. The first-order valence-electron chi connectivity index (χ1n) is 12.7. The molecule has 2 heterocycles. The van der Waals surface area contributed by atoms with E-state index in [1.54, 1.807) is 12.3 Å². The summed E-state index contributed by atoms with van der Waals surface area (Å²) in [4.78, 5) is 12.1. The van der Waals surface area contributed by atoms with Crippen LogP contribution in [0.1, 0.15) is 30.9 Å². The second kappa shape index (κ2) is 10.2. The number of hydrogen-bond donors (Lipinski definition) is 2. The van der Waals surface area contributed by atoms with Crippen molar-refractivity contribution in [2.75, 3.05) is 50.7 Å². The van der Waals surface area contributed by atoms with Crippen molar-refractivity contribution in [3.8, 4) is 11.5 Å². The zero-order valence-corrected chi connectivity index (χ0v) is 20.2. The predicted molar refractivity (Wildman–Crippen MR) is 138 cm³/mol. The van der Waals surface area contributed by atoms with Gasteiger partial charge in [0.15, 0.2) is 0 Å². The number of rotatable bonds is 7. The smallest absolute Gasteiger partial charge is 0.141 e. The van der Waals surface area contributed by atoms with Gasteiger partial charge in [0.25, 0.3) is 0 Å². The summed E-state index contributed by atoms with van der Waals surface area (Å²) in [5.74, 6) is 0.711. The molecule has 1 atom stereocenters. The monoisotopic (exact) mass is 460 g/mol. The minimum absolute atomic E-state index is 0.245. The van der Waals surface area contributed by atoms with Gasteiger partial charge in [-0.05, 0) is 61.6 Å². The van der Waals surface area contributed by atoms with Crippen molar-refractivity contribution in [2.24, 2.45) is 0 Å². The number of pyridine rings is 1. The molecule has 2 aromatic carbocycles. The maximum Gasteiger partial charge on any atom is 0.141 e. The van der Waals surface area contributed by atoms with Gasteiger partial charge in [-0.1, -0.05) is 31.2 Å². The molecule has 180 valence electrons. The number of piperazine rings is 1. The van der Waals surface area contributed by atoms with Gasteiger partial charge >= 0.3 is 0 Å². The average molecular weight is 461 g/mol. The molecule has 1 fully saturated rings. The third kappa shape index (κ3) is 4.70. The minimum atomic E-state index is 0.245. The van der Waals surface area contributed by atoms with Crippen molar-refractivity contribution in [1.29, 1.82) is 0 Å². The van der Waals surface area contributed by atoms with Gasteiger partial charge in [0.1, 0.15) is 17.0 Å². The Morgan fingerprint density at radius 2 is 1.76 bits per heavy atom. The summed E-state index contributed by atoms with van der Waals surface area (Å²) in [5.41, 5.74) is 4.32. The molecule has 0 spiro atoms. The van der Waals surface area contributed by atoms with E-state index in [0.717, 1.165) is 81.7 Å². The van der Waals surface area contributed by atoms with Gasteiger partial charge in [0, 0.05) is 62.6 Å². The highest BCUT2D eigenvalue weighted by Gasteiger charge is 2.26. The van der Waals surface area contributed by atoms with E-state index in [0.29, 0.717) is 17.3 Å². The van der Waals surface area contributed by atoms with Crippen LogP contribution in [0.2, 0.25) is 0 Å². The number of anilines is 1. The van der Waals surface area contributed by atoms with Crippen LogP contribution in [0.3, 0.4) is 0 Å². The lowest BCUT2D eigenvalue weighted by atomic mass is 9.87. The number of phenols is 2. The van der Waals surface area contributed by atoms with Crippen LogP contribution in [0.25, 0.3) is 10.9 Å². The Bertz CT molecular complexity index is 1130. The number of nitrogens with zero attached hydrogens (tertiary/aromatic N) is 4. The molecule has 2 aliphatic rings. The molecule has 0 saturated carbocycles. The van der Waals surface area contributed by atoms with E-state index < -0.39 is 0 Å².